The van der Waals surface area contributed by atoms with Crippen LogP contribution in [0.4, 0.5) is 0 Å². The van der Waals surface area contributed by atoms with Gasteiger partial charge < -0.3 is 63.9 Å². The molecule has 34 heteroatoms. The Hall–Kier alpha value is -2.86. The fourth-order valence-corrected chi connectivity index (χ4v) is 6.28. The Morgan fingerprint density at radius 1 is 0.446 bits per heavy atom. The zero-order chi connectivity index (χ0) is 87.4. The molecule has 1 saturated heterocycles. The summed E-state index contributed by atoms with van der Waals surface area (Å²) in [4.78, 5) is 92.5. The molecule has 6 N–H and O–H groups in total. The van der Waals surface area contributed by atoms with Crippen molar-refractivity contribution < 1.29 is 205 Å². The second-order valence-electron chi connectivity index (χ2n) is 29.7. The molecule has 8 atom stereocenters. The molecule has 1 aromatic rings. The number of unbranched alkanes of at least 4 members (excludes halogenated alkanes) is 1. The van der Waals surface area contributed by atoms with Gasteiger partial charge in [-0.2, -0.15) is 0 Å². The number of carboxylic acids is 3. The molecule has 3 amide bonds. The van der Waals surface area contributed by atoms with E-state index in [2.05, 4.69) is 67.1 Å². The molecule has 0 saturated carbocycles. The topological polar surface area (TPSA) is 459 Å². The average Bonchev–Trinajstić information content (AvgIpc) is 0.844. The molecule has 112 heavy (non-hydrogen) atoms. The van der Waals surface area contributed by atoms with E-state index in [9.17, 15) is 82.1 Å². The number of hydrogen-bond acceptors (Lipinski definition) is 22. The Bertz CT molecular complexity index is 2840. The van der Waals surface area contributed by atoms with Crippen LogP contribution >= 0.6 is 0 Å². The first kappa shape index (κ1) is 135. The summed E-state index contributed by atoms with van der Waals surface area (Å²) in [7, 11) is -13.6. The third-order valence-electron chi connectivity index (χ3n) is 17.9. The molecule has 0 aliphatic carbocycles. The van der Waals surface area contributed by atoms with Gasteiger partial charge in [0.1, 0.15) is 45.0 Å². The smallest absolute Gasteiger partial charge is 0.746 e. The van der Waals surface area contributed by atoms with Crippen molar-refractivity contribution >= 4 is 83.9 Å². The van der Waals surface area contributed by atoms with Gasteiger partial charge in [-0.05, 0) is 179 Å². The van der Waals surface area contributed by atoms with Crippen molar-refractivity contribution in [2.75, 3.05) is 19.8 Å². The molecule has 28 nitrogen and oxygen atoms in total. The molecule has 0 bridgehead atoms. The number of carboxylic acid groups (broad SMARTS) is 3. The van der Waals surface area contributed by atoms with Gasteiger partial charge in [-0.1, -0.05) is 169 Å². The van der Waals surface area contributed by atoms with Crippen LogP contribution < -0.4 is 105 Å². The number of carbonyl (C=O) groups excluding carboxylic acids is 6. The van der Waals surface area contributed by atoms with Gasteiger partial charge in [0.25, 0.3) is 0 Å². The molecule has 0 aromatic heterocycles. The number of benzene rings is 1. The van der Waals surface area contributed by atoms with E-state index >= 15 is 0 Å². The van der Waals surface area contributed by atoms with E-state index in [4.69, 9.17) is 34.3 Å². The summed E-state index contributed by atoms with van der Waals surface area (Å²) in [6.45, 7) is 55.2. The van der Waals surface area contributed by atoms with Crippen molar-refractivity contribution in [3.8, 4) is 0 Å². The Kier molecular flexibility index (Phi) is 83.3. The molecule has 1 aliphatic rings. The van der Waals surface area contributed by atoms with E-state index in [-0.39, 0.29) is 156 Å². The van der Waals surface area contributed by atoms with Crippen molar-refractivity contribution in [2.45, 2.75) is 339 Å². The SMILES string of the molecule is C.CCC(C)(C)C(=O)O.CCC(C)(C)C(=O)O.CCC(C)(C)C(=O)O.CCC(C)C(=O)NC(C)(C)S(=O)(=O)[O-].CCC(C)C(=O)NC(C)(C)S(=O)(=O)[O-].CCC(C)C(=O)NC(C)(C)S(=O)(=O)[O-].CCC(C)C(=O)OC1CCCO1.CCC(C)c1ccccc1.CCCCOC(=O)C(C)CC.CCOC(=O)C(C)CC.[Na+].[Na+].[Na+]. The molecular formula is C78H150N3Na3O25S3. The van der Waals surface area contributed by atoms with E-state index in [1.807, 2.05) is 90.0 Å². The predicted molar refractivity (Wildman–Crippen MR) is 427 cm³/mol. The van der Waals surface area contributed by atoms with E-state index in [0.717, 1.165) is 51.6 Å². The third-order valence-corrected chi connectivity index (χ3v) is 22.0. The van der Waals surface area contributed by atoms with Crippen molar-refractivity contribution in [1.82, 2.24) is 16.0 Å². The number of nitrogens with one attached hydrogen (secondary N) is 3. The van der Waals surface area contributed by atoms with Crippen molar-refractivity contribution in [2.24, 2.45) is 51.8 Å². The van der Waals surface area contributed by atoms with Gasteiger partial charge in [-0.15, -0.1) is 0 Å². The normalized spacial score (nSPS) is 14.2. The van der Waals surface area contributed by atoms with Crippen molar-refractivity contribution in [1.29, 1.82) is 0 Å². The van der Waals surface area contributed by atoms with Crippen LogP contribution in [0.15, 0.2) is 30.3 Å². The number of rotatable bonds is 31. The van der Waals surface area contributed by atoms with Crippen LogP contribution in [0.2, 0.25) is 0 Å². The van der Waals surface area contributed by atoms with Gasteiger partial charge in [-0.25, -0.2) is 25.3 Å². The minimum atomic E-state index is -4.52. The van der Waals surface area contributed by atoms with Gasteiger partial charge in [0.2, 0.25) is 24.0 Å². The van der Waals surface area contributed by atoms with Crippen molar-refractivity contribution in [3.63, 3.8) is 0 Å². The molecule has 648 valence electrons. The van der Waals surface area contributed by atoms with Gasteiger partial charge >= 0.3 is 124 Å². The van der Waals surface area contributed by atoms with Crippen LogP contribution in [0, 0.1) is 51.8 Å². The average molecular weight is 1700 g/mol. The van der Waals surface area contributed by atoms with Crippen LogP contribution in [0.25, 0.3) is 0 Å². The first-order chi connectivity index (χ1) is 48.9. The third kappa shape index (κ3) is 66.1. The van der Waals surface area contributed by atoms with E-state index in [0.29, 0.717) is 57.7 Å². The summed E-state index contributed by atoms with van der Waals surface area (Å²) in [5.74, 6) is -3.76. The maximum Gasteiger partial charge on any atom is 1.00 e. The maximum absolute atomic E-state index is 11.3. The zero-order valence-electron chi connectivity index (χ0n) is 74.6. The summed E-state index contributed by atoms with van der Waals surface area (Å²) in [6, 6.07) is 10.6. The predicted octanol–water partition coefficient (Wildman–Crippen LogP) is 6.34. The number of carbonyl (C=O) groups is 9. The molecule has 1 aromatic carbocycles. The zero-order valence-corrected chi connectivity index (χ0v) is 83.0. The summed E-state index contributed by atoms with van der Waals surface area (Å²) >= 11 is 0. The van der Waals surface area contributed by atoms with Crippen LogP contribution in [0.3, 0.4) is 0 Å². The van der Waals surface area contributed by atoms with E-state index < -0.39 is 96.8 Å². The standard InChI is InChI=1S/C10H14.C9H16O3.C9H18O2.3C8H17NO4S.C7H14O2.3C6H12O2.CH4.3Na/c1-3-9(2)10-7-5-4-6-8-10;1-3-7(2)9(10)12-8-5-4-6-11-8;1-4-6-7-11-9(10)8(3)5-2;3*1-5-6(2)7(10)9-8(3,4)14(11,12)13;1-4-6(3)7(8)9-5-2;3*1-4-6(2,3)5(7)8;;;;/h4-9H,3H2,1-2H3;7-8H,3-6H2,1-2H3;8H,4-7H2,1-3H3;3*6H,5H2,1-4H3,(H,9,10)(H,11,12,13);6H,4-5H2,1-3H3;3*4H2,1-3H3,(H,7,8);1H4;;;/q;;;;;;;;;;;3*+1/p-3. The molecule has 0 radical (unpaired) electrons. The Balaban J connectivity index is -0.0000000995. The largest absolute Gasteiger partial charge is 1.00 e. The number of amides is 3. The van der Waals surface area contributed by atoms with Crippen LogP contribution in [-0.4, -0.2) is 148 Å². The minimum absolute atomic E-state index is 0. The molecule has 1 heterocycles. The Morgan fingerprint density at radius 2 is 0.714 bits per heavy atom. The van der Waals surface area contributed by atoms with E-state index in [1.54, 1.807) is 62.3 Å². The second kappa shape index (κ2) is 69.0. The summed E-state index contributed by atoms with van der Waals surface area (Å²) in [5.41, 5.74) is -0.176. The van der Waals surface area contributed by atoms with Gasteiger partial charge in [0, 0.05) is 24.2 Å². The summed E-state index contributed by atoms with van der Waals surface area (Å²) in [5, 5.41) is 31.9. The van der Waals surface area contributed by atoms with Gasteiger partial charge in [0.05, 0.1) is 53.8 Å². The maximum atomic E-state index is 11.3. The molecule has 1 aliphatic heterocycles. The fourth-order valence-electron chi connectivity index (χ4n) is 5.60. The Morgan fingerprint density at radius 3 is 0.911 bits per heavy atom. The molecule has 1 fully saturated rings. The number of ether oxygens (including phenoxy) is 4. The van der Waals surface area contributed by atoms with E-state index in [1.165, 1.54) is 53.5 Å². The monoisotopic (exact) mass is 1690 g/mol. The number of hydrogen-bond donors (Lipinski definition) is 6. The van der Waals surface area contributed by atoms with Gasteiger partial charge in [0.15, 0.2) is 0 Å². The van der Waals surface area contributed by atoms with Crippen molar-refractivity contribution in [3.05, 3.63) is 35.9 Å². The van der Waals surface area contributed by atoms with Crippen LogP contribution in [0.5, 0.6) is 0 Å². The molecule has 8 unspecified atom stereocenters. The second-order valence-corrected chi connectivity index (χ2v) is 35.5. The molecular weight excluding hydrogens is 1540 g/mol. The van der Waals surface area contributed by atoms with Gasteiger partial charge in [-0.3, -0.25) is 43.2 Å². The fraction of sp³-hybridized carbons (Fsp3) is 0.808. The number of esters is 3. The minimum Gasteiger partial charge on any atom is -0.746 e. The summed E-state index contributed by atoms with van der Waals surface area (Å²) < 4.78 is 117. The Labute approximate surface area is 744 Å². The number of aliphatic carboxylic acids is 3. The molecule has 0 spiro atoms. The van der Waals surface area contributed by atoms with Crippen LogP contribution in [-0.2, 0) is 92.5 Å². The first-order valence-electron chi connectivity index (χ1n) is 37.6. The summed E-state index contributed by atoms with van der Waals surface area (Å²) in [6.07, 6.45) is 11.2. The first-order valence-corrected chi connectivity index (χ1v) is 41.8. The molecule has 2 rings (SSSR count). The quantitative estimate of drug-likeness (QED) is 0.0155. The van der Waals surface area contributed by atoms with Crippen LogP contribution in [0.1, 0.15) is 323 Å².